The van der Waals surface area contributed by atoms with Crippen molar-refractivity contribution >= 4 is 5.69 Å². The number of anilines is 1. The molecule has 2 nitrogen and oxygen atoms in total. The van der Waals surface area contributed by atoms with Gasteiger partial charge in [-0.2, -0.15) is 0 Å². The molecule has 0 amide bonds. The van der Waals surface area contributed by atoms with E-state index in [1.807, 2.05) is 0 Å². The van der Waals surface area contributed by atoms with Crippen molar-refractivity contribution in [2.45, 2.75) is 52.1 Å². The van der Waals surface area contributed by atoms with Crippen molar-refractivity contribution in [1.82, 2.24) is 5.32 Å². The summed E-state index contributed by atoms with van der Waals surface area (Å²) in [5, 5.41) is 3.57. The summed E-state index contributed by atoms with van der Waals surface area (Å²) in [6, 6.07) is 10.3. The van der Waals surface area contributed by atoms with Crippen LogP contribution in [0.15, 0.2) is 24.3 Å². The zero-order chi connectivity index (χ0) is 13.3. The molecule has 1 fully saturated rings. The number of hydrogen-bond acceptors (Lipinski definition) is 2. The molecule has 0 saturated carbocycles. The molecular weight excluding hydrogens is 220 g/mol. The van der Waals surface area contributed by atoms with Crippen LogP contribution in [-0.2, 0) is 5.41 Å². The monoisotopic (exact) mass is 246 g/mol. The lowest BCUT2D eigenvalue weighted by molar-refractivity contribution is 0.389. The minimum atomic E-state index is 0.245. The molecule has 0 bridgehead atoms. The molecule has 2 heteroatoms. The van der Waals surface area contributed by atoms with Gasteiger partial charge in [0.05, 0.1) is 0 Å². The molecule has 1 aliphatic rings. The highest BCUT2D eigenvalue weighted by atomic mass is 15.3. The molecule has 0 aliphatic carbocycles. The summed E-state index contributed by atoms with van der Waals surface area (Å²) in [6.45, 7) is 13.5. The maximum atomic E-state index is 3.57. The zero-order valence-corrected chi connectivity index (χ0v) is 12.3. The van der Waals surface area contributed by atoms with Crippen LogP contribution in [0.1, 0.15) is 40.2 Å². The molecular formula is C16H26N2. The van der Waals surface area contributed by atoms with Crippen molar-refractivity contribution in [3.63, 3.8) is 0 Å². The first-order valence-corrected chi connectivity index (χ1v) is 6.98. The molecule has 0 unspecified atom stereocenters. The van der Waals surface area contributed by atoms with Crippen molar-refractivity contribution in [1.29, 1.82) is 0 Å². The van der Waals surface area contributed by atoms with Crippen molar-refractivity contribution in [2.75, 3.05) is 18.0 Å². The molecule has 100 valence electrons. The van der Waals surface area contributed by atoms with E-state index in [2.05, 4.69) is 69.1 Å². The maximum absolute atomic E-state index is 3.57. The lowest BCUT2D eigenvalue weighted by atomic mass is 9.87. The highest BCUT2D eigenvalue weighted by molar-refractivity contribution is 5.51. The number of hydrogen-bond donors (Lipinski definition) is 1. The fourth-order valence-electron chi connectivity index (χ4n) is 2.44. The van der Waals surface area contributed by atoms with Crippen LogP contribution >= 0.6 is 0 Å². The highest BCUT2D eigenvalue weighted by Crippen LogP contribution is 2.26. The Balaban J connectivity index is 1.93. The molecule has 0 spiro atoms. The number of benzene rings is 1. The highest BCUT2D eigenvalue weighted by Gasteiger charge is 2.27. The molecule has 1 aromatic carbocycles. The Morgan fingerprint density at radius 3 is 2.11 bits per heavy atom. The van der Waals surface area contributed by atoms with Gasteiger partial charge in [-0.15, -0.1) is 0 Å². The van der Waals surface area contributed by atoms with Gasteiger partial charge in [0.1, 0.15) is 0 Å². The minimum Gasteiger partial charge on any atom is -0.368 e. The van der Waals surface area contributed by atoms with Gasteiger partial charge in [-0.05, 0) is 23.1 Å². The molecule has 0 radical (unpaired) electrons. The van der Waals surface area contributed by atoms with Gasteiger partial charge in [0.25, 0.3) is 0 Å². The van der Waals surface area contributed by atoms with Crippen LogP contribution in [-0.4, -0.2) is 25.2 Å². The first-order valence-electron chi connectivity index (χ1n) is 6.98. The second-order valence-electron chi connectivity index (χ2n) is 6.72. The van der Waals surface area contributed by atoms with Crippen molar-refractivity contribution in [3.8, 4) is 0 Å². The van der Waals surface area contributed by atoms with Gasteiger partial charge in [0.15, 0.2) is 0 Å². The predicted octanol–water partition coefficient (Wildman–Crippen LogP) is 3.17. The Morgan fingerprint density at radius 2 is 1.67 bits per heavy atom. The van der Waals surface area contributed by atoms with Crippen LogP contribution in [0, 0.1) is 0 Å². The van der Waals surface area contributed by atoms with Gasteiger partial charge in [-0.3, -0.25) is 0 Å². The van der Waals surface area contributed by atoms with E-state index >= 15 is 0 Å². The van der Waals surface area contributed by atoms with Crippen LogP contribution in [0.2, 0.25) is 0 Å². The third-order valence-electron chi connectivity index (χ3n) is 3.55. The number of rotatable bonds is 3. The lowest BCUT2D eigenvalue weighted by Crippen LogP contribution is -2.59. The van der Waals surface area contributed by atoms with E-state index in [0.29, 0.717) is 12.1 Å². The first-order chi connectivity index (χ1) is 8.36. The molecule has 0 aromatic heterocycles. The quantitative estimate of drug-likeness (QED) is 0.881. The lowest BCUT2D eigenvalue weighted by Gasteiger charge is -2.42. The normalized spacial score (nSPS) is 17.1. The van der Waals surface area contributed by atoms with Gasteiger partial charge < -0.3 is 10.2 Å². The SMILES string of the molecule is CC(C)NC1CN(c2ccc(C(C)(C)C)cc2)C1. The van der Waals surface area contributed by atoms with Crippen LogP contribution < -0.4 is 10.2 Å². The van der Waals surface area contributed by atoms with Crippen LogP contribution in [0.25, 0.3) is 0 Å². The average Bonchev–Trinajstić information content (AvgIpc) is 2.21. The van der Waals surface area contributed by atoms with E-state index in [9.17, 15) is 0 Å². The van der Waals surface area contributed by atoms with Gasteiger partial charge in [-0.25, -0.2) is 0 Å². The Bertz CT molecular complexity index is 381. The van der Waals surface area contributed by atoms with E-state index in [4.69, 9.17) is 0 Å². The maximum Gasteiger partial charge on any atom is 0.0422 e. The van der Waals surface area contributed by atoms with Crippen LogP contribution in [0.4, 0.5) is 5.69 Å². The number of nitrogens with one attached hydrogen (secondary N) is 1. The van der Waals surface area contributed by atoms with E-state index < -0.39 is 0 Å². The zero-order valence-electron chi connectivity index (χ0n) is 12.3. The Labute approximate surface area is 111 Å². The van der Waals surface area contributed by atoms with Gasteiger partial charge in [0.2, 0.25) is 0 Å². The van der Waals surface area contributed by atoms with Crippen molar-refractivity contribution in [3.05, 3.63) is 29.8 Å². The molecule has 2 rings (SSSR count). The van der Waals surface area contributed by atoms with E-state index in [0.717, 1.165) is 13.1 Å². The van der Waals surface area contributed by atoms with E-state index in [1.165, 1.54) is 11.3 Å². The summed E-state index contributed by atoms with van der Waals surface area (Å²) in [7, 11) is 0. The van der Waals surface area contributed by atoms with Crippen molar-refractivity contribution in [2.24, 2.45) is 0 Å². The van der Waals surface area contributed by atoms with E-state index in [1.54, 1.807) is 0 Å². The summed E-state index contributed by atoms with van der Waals surface area (Å²) < 4.78 is 0. The smallest absolute Gasteiger partial charge is 0.0422 e. The largest absolute Gasteiger partial charge is 0.368 e. The third kappa shape index (κ3) is 3.05. The topological polar surface area (TPSA) is 15.3 Å². The summed E-state index contributed by atoms with van der Waals surface area (Å²) >= 11 is 0. The molecule has 18 heavy (non-hydrogen) atoms. The average molecular weight is 246 g/mol. The second kappa shape index (κ2) is 4.93. The van der Waals surface area contributed by atoms with Crippen molar-refractivity contribution < 1.29 is 0 Å². The fraction of sp³-hybridized carbons (Fsp3) is 0.625. The molecule has 1 N–H and O–H groups in total. The third-order valence-corrected chi connectivity index (χ3v) is 3.55. The summed E-state index contributed by atoms with van der Waals surface area (Å²) in [4.78, 5) is 2.44. The van der Waals surface area contributed by atoms with Gasteiger partial charge in [-0.1, -0.05) is 46.8 Å². The molecule has 1 aliphatic heterocycles. The Kier molecular flexibility index (Phi) is 3.67. The minimum absolute atomic E-state index is 0.245. The summed E-state index contributed by atoms with van der Waals surface area (Å²) in [6.07, 6.45) is 0. The molecule has 0 atom stereocenters. The van der Waals surface area contributed by atoms with E-state index in [-0.39, 0.29) is 5.41 Å². The van der Waals surface area contributed by atoms with Gasteiger partial charge in [0, 0.05) is 30.9 Å². The Morgan fingerprint density at radius 1 is 1.11 bits per heavy atom. The Hall–Kier alpha value is -1.02. The predicted molar refractivity (Wildman–Crippen MR) is 79.4 cm³/mol. The summed E-state index contributed by atoms with van der Waals surface area (Å²) in [5.74, 6) is 0. The second-order valence-corrected chi connectivity index (χ2v) is 6.72. The fourth-order valence-corrected chi connectivity index (χ4v) is 2.44. The molecule has 1 aromatic rings. The van der Waals surface area contributed by atoms with Crippen LogP contribution in [0.5, 0.6) is 0 Å². The first kappa shape index (κ1) is 13.4. The summed E-state index contributed by atoms with van der Waals surface area (Å²) in [5.41, 5.74) is 3.00. The molecule has 1 heterocycles. The van der Waals surface area contributed by atoms with Gasteiger partial charge >= 0.3 is 0 Å². The number of nitrogens with zero attached hydrogens (tertiary/aromatic N) is 1. The molecule has 1 saturated heterocycles. The van der Waals surface area contributed by atoms with Crippen LogP contribution in [0.3, 0.4) is 0 Å². The standard InChI is InChI=1S/C16H26N2/c1-12(2)17-14-10-18(11-14)15-8-6-13(7-9-15)16(3,4)5/h6-9,12,14,17H,10-11H2,1-5H3.